The molecule has 3 N–H and O–H groups in total. The van der Waals surface area contributed by atoms with E-state index >= 15 is 0 Å². The fraction of sp³-hybridized carbons (Fsp3) is 0.615. The van der Waals surface area contributed by atoms with Gasteiger partial charge in [-0.2, -0.15) is 0 Å². The lowest BCUT2D eigenvalue weighted by Crippen LogP contribution is -2.45. The number of nitrogens with zero attached hydrogens (tertiary/aromatic N) is 2. The van der Waals surface area contributed by atoms with Gasteiger partial charge in [0.1, 0.15) is 0 Å². The highest BCUT2D eigenvalue weighted by Crippen LogP contribution is 2.29. The van der Waals surface area contributed by atoms with Crippen molar-refractivity contribution < 1.29 is 0 Å². The van der Waals surface area contributed by atoms with E-state index in [-0.39, 0.29) is 0 Å². The third kappa shape index (κ3) is 3.71. The Kier molecular flexibility index (Phi) is 4.60. The summed E-state index contributed by atoms with van der Waals surface area (Å²) in [6.07, 6.45) is 2.49. The Hall–Kier alpha value is -1.07. The number of hydrazine groups is 1. The molecule has 0 spiro atoms. The van der Waals surface area contributed by atoms with Crippen LogP contribution in [0.1, 0.15) is 31.6 Å². The predicted molar refractivity (Wildman–Crippen MR) is 77.3 cm³/mol. The van der Waals surface area contributed by atoms with E-state index in [9.17, 15) is 0 Å². The Morgan fingerprint density at radius 2 is 2.39 bits per heavy atom. The summed E-state index contributed by atoms with van der Waals surface area (Å²) in [6.45, 7) is 6.05. The maximum atomic E-state index is 5.64. The molecule has 0 aliphatic heterocycles. The van der Waals surface area contributed by atoms with E-state index in [1.54, 1.807) is 11.3 Å². The minimum Gasteiger partial charge on any atom is -0.334 e. The van der Waals surface area contributed by atoms with E-state index in [0.29, 0.717) is 12.0 Å². The molecule has 0 unspecified atom stereocenters. The maximum absolute atomic E-state index is 5.64. The summed E-state index contributed by atoms with van der Waals surface area (Å²) >= 11 is 1.78. The van der Waals surface area contributed by atoms with Gasteiger partial charge in [0.05, 0.1) is 6.54 Å². The second-order valence-corrected chi connectivity index (χ2v) is 6.17. The smallest absolute Gasteiger partial charge is 0.208 e. The van der Waals surface area contributed by atoms with E-state index in [0.717, 1.165) is 19.0 Å². The average Bonchev–Trinajstić information content (AvgIpc) is 3.06. The van der Waals surface area contributed by atoms with Gasteiger partial charge >= 0.3 is 0 Å². The number of nitrogens with one attached hydrogen (secondary N) is 1. The molecule has 100 valence electrons. The first-order valence-electron chi connectivity index (χ1n) is 6.50. The standard InChI is InChI=1S/C13H22N4S/c1-10(2)8-15-13(16-14)17(11-5-6-11)9-12-4-3-7-18-12/h3-4,7,10-11H,5-6,8-9,14H2,1-2H3,(H,15,16). The highest BCUT2D eigenvalue weighted by molar-refractivity contribution is 7.09. The van der Waals surface area contributed by atoms with Crippen LogP contribution in [0.5, 0.6) is 0 Å². The van der Waals surface area contributed by atoms with Gasteiger partial charge in [-0.1, -0.05) is 19.9 Å². The van der Waals surface area contributed by atoms with Crippen molar-refractivity contribution in [3.05, 3.63) is 22.4 Å². The quantitative estimate of drug-likeness (QED) is 0.372. The van der Waals surface area contributed by atoms with Crippen molar-refractivity contribution in [1.29, 1.82) is 0 Å². The van der Waals surface area contributed by atoms with Gasteiger partial charge in [0.15, 0.2) is 0 Å². The van der Waals surface area contributed by atoms with Crippen LogP contribution in [0.15, 0.2) is 22.5 Å². The first-order chi connectivity index (χ1) is 8.70. The Morgan fingerprint density at radius 1 is 1.61 bits per heavy atom. The fourth-order valence-corrected chi connectivity index (χ4v) is 2.52. The number of nitrogens with two attached hydrogens (primary N) is 1. The SMILES string of the molecule is CC(C)CN=C(NN)N(Cc1cccs1)C1CC1. The predicted octanol–water partition coefficient (Wildman–Crippen LogP) is 2.19. The first-order valence-corrected chi connectivity index (χ1v) is 7.38. The molecule has 1 aliphatic carbocycles. The Morgan fingerprint density at radius 3 is 2.89 bits per heavy atom. The minimum absolute atomic E-state index is 0.552. The van der Waals surface area contributed by atoms with E-state index < -0.39 is 0 Å². The van der Waals surface area contributed by atoms with Crippen LogP contribution in [0.2, 0.25) is 0 Å². The molecule has 1 aliphatic rings. The van der Waals surface area contributed by atoms with Gasteiger partial charge in [-0.15, -0.1) is 11.3 Å². The normalized spacial score (nSPS) is 16.1. The van der Waals surface area contributed by atoms with Crippen LogP contribution in [0.3, 0.4) is 0 Å². The van der Waals surface area contributed by atoms with Crippen LogP contribution in [0.25, 0.3) is 0 Å². The molecule has 0 aromatic carbocycles. The highest BCUT2D eigenvalue weighted by Gasteiger charge is 2.31. The molecular formula is C13H22N4S. The summed E-state index contributed by atoms with van der Waals surface area (Å²) in [5, 5.41) is 2.11. The van der Waals surface area contributed by atoms with Gasteiger partial charge in [-0.3, -0.25) is 10.4 Å². The lowest BCUT2D eigenvalue weighted by molar-refractivity contribution is 0.388. The Labute approximate surface area is 113 Å². The molecule has 0 bridgehead atoms. The van der Waals surface area contributed by atoms with Crippen molar-refractivity contribution >= 4 is 17.3 Å². The van der Waals surface area contributed by atoms with Gasteiger partial charge in [-0.25, -0.2) is 5.84 Å². The van der Waals surface area contributed by atoms with Crippen LogP contribution in [0, 0.1) is 5.92 Å². The highest BCUT2D eigenvalue weighted by atomic mass is 32.1. The fourth-order valence-electron chi connectivity index (χ4n) is 1.82. The van der Waals surface area contributed by atoms with E-state index in [2.05, 4.69) is 46.7 Å². The second kappa shape index (κ2) is 6.20. The molecule has 0 radical (unpaired) electrons. The number of thiophene rings is 1. The molecule has 1 aromatic heterocycles. The molecule has 4 nitrogen and oxygen atoms in total. The van der Waals surface area contributed by atoms with Crippen molar-refractivity contribution in [2.45, 2.75) is 39.3 Å². The van der Waals surface area contributed by atoms with Gasteiger partial charge in [0, 0.05) is 17.5 Å². The lowest BCUT2D eigenvalue weighted by Gasteiger charge is -2.25. The topological polar surface area (TPSA) is 53.6 Å². The van der Waals surface area contributed by atoms with Crippen LogP contribution < -0.4 is 11.3 Å². The molecule has 2 rings (SSSR count). The van der Waals surface area contributed by atoms with Gasteiger partial charge < -0.3 is 4.90 Å². The number of hydrogen-bond donors (Lipinski definition) is 2. The molecule has 5 heteroatoms. The third-order valence-electron chi connectivity index (χ3n) is 2.90. The molecule has 1 aromatic rings. The molecule has 0 amide bonds. The molecule has 18 heavy (non-hydrogen) atoms. The van der Waals surface area contributed by atoms with Crippen molar-refractivity contribution in [1.82, 2.24) is 10.3 Å². The maximum Gasteiger partial charge on any atom is 0.208 e. The van der Waals surface area contributed by atoms with Crippen molar-refractivity contribution in [3.63, 3.8) is 0 Å². The van der Waals surface area contributed by atoms with Crippen LogP contribution >= 0.6 is 11.3 Å². The third-order valence-corrected chi connectivity index (χ3v) is 3.76. The Balaban J connectivity index is 2.05. The average molecular weight is 266 g/mol. The zero-order chi connectivity index (χ0) is 13.0. The summed E-state index contributed by atoms with van der Waals surface area (Å²) in [5.41, 5.74) is 2.77. The largest absolute Gasteiger partial charge is 0.334 e. The minimum atomic E-state index is 0.552. The number of hydrogen-bond acceptors (Lipinski definition) is 3. The van der Waals surface area contributed by atoms with Crippen molar-refractivity contribution in [2.75, 3.05) is 6.54 Å². The summed E-state index contributed by atoms with van der Waals surface area (Å²) in [6, 6.07) is 4.86. The van der Waals surface area contributed by atoms with E-state index in [4.69, 9.17) is 5.84 Å². The summed E-state index contributed by atoms with van der Waals surface area (Å²) in [4.78, 5) is 8.25. The van der Waals surface area contributed by atoms with Crippen molar-refractivity contribution in [2.24, 2.45) is 16.8 Å². The van der Waals surface area contributed by atoms with Crippen LogP contribution in [-0.4, -0.2) is 23.4 Å². The summed E-state index contributed by atoms with van der Waals surface area (Å²) in [5.74, 6) is 7.02. The van der Waals surface area contributed by atoms with Crippen molar-refractivity contribution in [3.8, 4) is 0 Å². The molecule has 1 heterocycles. The zero-order valence-electron chi connectivity index (χ0n) is 11.1. The molecular weight excluding hydrogens is 244 g/mol. The molecule has 0 saturated heterocycles. The summed E-state index contributed by atoms with van der Waals surface area (Å²) in [7, 11) is 0. The van der Waals surface area contributed by atoms with Gasteiger partial charge in [0.25, 0.3) is 0 Å². The lowest BCUT2D eigenvalue weighted by atomic mass is 10.2. The van der Waals surface area contributed by atoms with Crippen LogP contribution in [-0.2, 0) is 6.54 Å². The van der Waals surface area contributed by atoms with E-state index in [1.807, 2.05) is 0 Å². The van der Waals surface area contributed by atoms with Gasteiger partial charge in [-0.05, 0) is 30.2 Å². The number of aliphatic imine (C=N–C) groups is 1. The molecule has 1 fully saturated rings. The first kappa shape index (κ1) is 13.4. The summed E-state index contributed by atoms with van der Waals surface area (Å²) < 4.78 is 0. The Bertz CT molecular complexity index is 382. The second-order valence-electron chi connectivity index (χ2n) is 5.14. The number of rotatable bonds is 5. The zero-order valence-corrected chi connectivity index (χ0v) is 11.9. The number of guanidine groups is 1. The molecule has 1 saturated carbocycles. The van der Waals surface area contributed by atoms with E-state index in [1.165, 1.54) is 17.7 Å². The molecule has 0 atom stereocenters. The monoisotopic (exact) mass is 266 g/mol. The van der Waals surface area contributed by atoms with Crippen LogP contribution in [0.4, 0.5) is 0 Å². The van der Waals surface area contributed by atoms with Gasteiger partial charge in [0.2, 0.25) is 5.96 Å².